The third kappa shape index (κ3) is 3.14. The molecule has 26 heavy (non-hydrogen) atoms. The molecule has 0 aromatic heterocycles. The number of benzene rings is 2. The van der Waals surface area contributed by atoms with Crippen LogP contribution in [0.5, 0.6) is 0 Å². The number of fused-ring (bicyclic) bond motifs is 1. The zero-order valence-electron chi connectivity index (χ0n) is 13.5. The van der Waals surface area contributed by atoms with Gasteiger partial charge in [0.25, 0.3) is 0 Å². The minimum atomic E-state index is -3.77. The van der Waals surface area contributed by atoms with Crippen LogP contribution in [0.2, 0.25) is 0 Å². The second-order valence-corrected chi connectivity index (χ2v) is 7.32. The molecule has 1 amide bonds. The lowest BCUT2D eigenvalue weighted by atomic mass is 10.2. The van der Waals surface area contributed by atoms with Crippen molar-refractivity contribution in [3.05, 3.63) is 54.1 Å². The van der Waals surface area contributed by atoms with E-state index in [2.05, 4.69) is 5.32 Å². The monoisotopic (exact) mass is 385 g/mol. The van der Waals surface area contributed by atoms with Crippen molar-refractivity contribution in [1.29, 1.82) is 0 Å². The maximum Gasteiger partial charge on any atom is 0.404 e. The Bertz CT molecular complexity index is 817. The number of carboxylic acid groups (broad SMARTS) is 1. The van der Waals surface area contributed by atoms with Crippen LogP contribution in [0, 0.1) is 11.6 Å². The van der Waals surface area contributed by atoms with Gasteiger partial charge in [-0.25, -0.2) is 17.9 Å². The normalized spacial score (nSPS) is 16.3. The molecule has 0 fully saturated rings. The fourth-order valence-electron chi connectivity index (χ4n) is 2.80. The Morgan fingerprint density at radius 2 is 1.65 bits per heavy atom. The molecule has 0 saturated heterocycles. The van der Waals surface area contributed by atoms with Gasteiger partial charge in [-0.15, -0.1) is 0 Å². The summed E-state index contributed by atoms with van der Waals surface area (Å²) < 4.78 is 52.2. The molecule has 1 heterocycles. The number of hydrogen-bond donors (Lipinski definition) is 4. The highest BCUT2D eigenvalue weighted by atomic mass is 32.3. The third-order valence-corrected chi connectivity index (χ3v) is 5.70. The molecule has 0 aliphatic carbocycles. The van der Waals surface area contributed by atoms with E-state index in [9.17, 15) is 22.7 Å². The number of rotatable bonds is 5. The molecule has 0 radical (unpaired) electrons. The van der Waals surface area contributed by atoms with Crippen LogP contribution in [0.15, 0.2) is 42.5 Å². The van der Waals surface area contributed by atoms with Crippen LogP contribution in [0.3, 0.4) is 0 Å². The van der Waals surface area contributed by atoms with Gasteiger partial charge in [-0.1, -0.05) is 18.2 Å². The van der Waals surface area contributed by atoms with Gasteiger partial charge < -0.3 is 10.4 Å². The predicted molar refractivity (Wildman–Crippen MR) is 95.8 cm³/mol. The van der Waals surface area contributed by atoms with E-state index < -0.39 is 34.4 Å². The second kappa shape index (κ2) is 6.98. The maximum atomic E-state index is 14.3. The van der Waals surface area contributed by atoms with Gasteiger partial charge >= 0.3 is 6.09 Å². The smallest absolute Gasteiger partial charge is 0.404 e. The summed E-state index contributed by atoms with van der Waals surface area (Å²) in [5.74, 6) is -1.84. The lowest BCUT2D eigenvalue weighted by Crippen LogP contribution is -2.34. The van der Waals surface area contributed by atoms with Crippen molar-refractivity contribution in [3.63, 3.8) is 0 Å². The minimum absolute atomic E-state index is 0.0756. The first kappa shape index (κ1) is 18.2. The van der Waals surface area contributed by atoms with Crippen molar-refractivity contribution >= 4 is 34.1 Å². The molecule has 0 saturated carbocycles. The largest absolute Gasteiger partial charge is 0.465 e. The van der Waals surface area contributed by atoms with Crippen molar-refractivity contribution in [3.8, 4) is 0 Å². The Hall–Kier alpha value is -2.56. The zero-order valence-corrected chi connectivity index (χ0v) is 14.3. The molecular formula is C16H17F2N3O4S. The van der Waals surface area contributed by atoms with Crippen molar-refractivity contribution in [2.45, 2.75) is 6.42 Å². The fraction of sp³-hybridized carbons (Fsp3) is 0.188. The highest BCUT2D eigenvalue weighted by Gasteiger charge is 2.43. The Morgan fingerprint density at radius 1 is 1.04 bits per heavy atom. The van der Waals surface area contributed by atoms with Gasteiger partial charge in [-0.05, 0) is 41.6 Å². The van der Waals surface area contributed by atoms with E-state index in [0.717, 1.165) is 16.4 Å². The zero-order chi connectivity index (χ0) is 18.9. The quantitative estimate of drug-likeness (QED) is 0.577. The van der Waals surface area contributed by atoms with E-state index in [1.54, 1.807) is 18.2 Å². The van der Waals surface area contributed by atoms with Gasteiger partial charge in [0.2, 0.25) is 0 Å². The number of carbonyl (C=O) groups is 1. The summed E-state index contributed by atoms with van der Waals surface area (Å²) in [6.07, 6.45) is -0.919. The van der Waals surface area contributed by atoms with Crippen molar-refractivity contribution in [2.75, 3.05) is 21.7 Å². The molecular weight excluding hydrogens is 368 g/mol. The van der Waals surface area contributed by atoms with Crippen LogP contribution in [0.4, 0.5) is 30.6 Å². The standard InChI is InChI=1S/C16H17F2N3O4S/c17-11-5-3-6-12(18)15(11)21-14-8-2-1-7-13(14)20(26(21,24)25)10-4-9-19-16(22)23/h1-3,5-8,19,24-25H,4,9-10H2,(H,22,23). The van der Waals surface area contributed by atoms with E-state index in [0.29, 0.717) is 5.69 Å². The molecule has 1 aliphatic heterocycles. The Balaban J connectivity index is 1.98. The molecule has 1 aliphatic rings. The van der Waals surface area contributed by atoms with Gasteiger partial charge in [-0.3, -0.25) is 13.4 Å². The molecule has 0 atom stereocenters. The van der Waals surface area contributed by atoms with E-state index in [1.807, 2.05) is 0 Å². The predicted octanol–water partition coefficient (Wildman–Crippen LogP) is 4.16. The molecule has 3 rings (SSSR count). The summed E-state index contributed by atoms with van der Waals surface area (Å²) in [5.41, 5.74) is 0.0966. The SMILES string of the molecule is O=C(O)NCCCN1c2ccccc2N(c2c(F)cccc2F)S1(O)O. The van der Waals surface area contributed by atoms with E-state index in [4.69, 9.17) is 5.11 Å². The van der Waals surface area contributed by atoms with Crippen molar-refractivity contribution < 1.29 is 27.8 Å². The van der Waals surface area contributed by atoms with Crippen LogP contribution in [-0.2, 0) is 0 Å². The number of nitrogens with zero attached hydrogens (tertiary/aromatic N) is 2. The van der Waals surface area contributed by atoms with Crippen molar-refractivity contribution in [1.82, 2.24) is 5.32 Å². The summed E-state index contributed by atoms with van der Waals surface area (Å²) >= 11 is 0. The average Bonchev–Trinajstić information content (AvgIpc) is 2.79. The molecule has 2 aromatic carbocycles. The number of para-hydroxylation sites is 3. The van der Waals surface area contributed by atoms with Gasteiger partial charge in [0.15, 0.2) is 11.6 Å². The van der Waals surface area contributed by atoms with Crippen LogP contribution < -0.4 is 13.9 Å². The second-order valence-electron chi connectivity index (χ2n) is 5.53. The summed E-state index contributed by atoms with van der Waals surface area (Å²) in [5, 5.41) is 10.8. The van der Waals surface area contributed by atoms with E-state index in [1.165, 1.54) is 16.4 Å². The number of anilines is 3. The highest BCUT2D eigenvalue weighted by Crippen LogP contribution is 2.64. The first-order valence-electron chi connectivity index (χ1n) is 7.70. The lowest BCUT2D eigenvalue weighted by molar-refractivity contribution is 0.194. The summed E-state index contributed by atoms with van der Waals surface area (Å²) in [6.45, 7) is 0.170. The Kier molecular flexibility index (Phi) is 4.90. The molecule has 2 aromatic rings. The van der Waals surface area contributed by atoms with Gasteiger partial charge in [0.05, 0.1) is 11.4 Å². The highest BCUT2D eigenvalue weighted by molar-refractivity contribution is 8.27. The third-order valence-electron chi connectivity index (χ3n) is 3.86. The molecule has 0 bridgehead atoms. The van der Waals surface area contributed by atoms with Crippen molar-refractivity contribution in [2.24, 2.45) is 0 Å². The van der Waals surface area contributed by atoms with Gasteiger partial charge in [-0.2, -0.15) is 0 Å². The maximum absolute atomic E-state index is 14.3. The minimum Gasteiger partial charge on any atom is -0.465 e. The summed E-state index contributed by atoms with van der Waals surface area (Å²) in [4.78, 5) is 10.5. The number of hydrogen-bond acceptors (Lipinski definition) is 5. The Labute approximate surface area is 150 Å². The number of amides is 1. The molecule has 7 nitrogen and oxygen atoms in total. The first-order chi connectivity index (χ1) is 12.3. The topological polar surface area (TPSA) is 96.3 Å². The summed E-state index contributed by atoms with van der Waals surface area (Å²) in [7, 11) is -3.77. The molecule has 4 N–H and O–H groups in total. The van der Waals surface area contributed by atoms with Crippen LogP contribution in [0.25, 0.3) is 0 Å². The van der Waals surface area contributed by atoms with E-state index in [-0.39, 0.29) is 25.2 Å². The lowest BCUT2D eigenvalue weighted by Gasteiger charge is -2.43. The first-order valence-corrected chi connectivity index (χ1v) is 9.16. The fourth-order valence-corrected chi connectivity index (χ4v) is 4.62. The summed E-state index contributed by atoms with van der Waals surface area (Å²) in [6, 6.07) is 9.69. The van der Waals surface area contributed by atoms with Crippen LogP contribution >= 0.6 is 11.0 Å². The number of nitrogens with one attached hydrogen (secondary N) is 1. The van der Waals surface area contributed by atoms with Crippen LogP contribution in [-0.4, -0.2) is 33.4 Å². The molecule has 0 unspecified atom stereocenters. The van der Waals surface area contributed by atoms with Gasteiger partial charge in [0.1, 0.15) is 5.69 Å². The van der Waals surface area contributed by atoms with Crippen LogP contribution in [0.1, 0.15) is 6.42 Å². The van der Waals surface area contributed by atoms with Gasteiger partial charge in [0, 0.05) is 13.1 Å². The number of halogens is 2. The molecule has 0 spiro atoms. The van der Waals surface area contributed by atoms with E-state index >= 15 is 0 Å². The molecule has 10 heteroatoms. The Morgan fingerprint density at radius 3 is 2.27 bits per heavy atom. The molecule has 140 valence electrons. The average molecular weight is 385 g/mol.